The zero-order chi connectivity index (χ0) is 13.5. The average Bonchev–Trinajstić information content (AvgIpc) is 2.48. The van der Waals surface area contributed by atoms with E-state index in [0.29, 0.717) is 0 Å². The molecule has 0 aliphatic heterocycles. The summed E-state index contributed by atoms with van der Waals surface area (Å²) in [7, 11) is 0. The highest BCUT2D eigenvalue weighted by atomic mass is 14.9. The van der Waals surface area contributed by atoms with E-state index < -0.39 is 0 Å². The van der Waals surface area contributed by atoms with Crippen LogP contribution in [0.1, 0.15) is 50.2 Å². The maximum atomic E-state index is 9.04. The Morgan fingerprint density at radius 3 is 2.53 bits per heavy atom. The van der Waals surface area contributed by atoms with Crippen LogP contribution in [0.25, 0.3) is 0 Å². The molecule has 1 aliphatic rings. The van der Waals surface area contributed by atoms with Crippen molar-refractivity contribution in [3.63, 3.8) is 0 Å². The van der Waals surface area contributed by atoms with Crippen molar-refractivity contribution in [3.8, 4) is 6.07 Å². The Kier molecular flexibility index (Phi) is 5.42. The first kappa shape index (κ1) is 14.1. The monoisotopic (exact) mass is 256 g/mol. The zero-order valence-electron chi connectivity index (χ0n) is 11.9. The SMILES string of the molecule is CCC1CCC(CNCc2ccccc2C#N)CC1. The number of hydrogen-bond donors (Lipinski definition) is 1. The summed E-state index contributed by atoms with van der Waals surface area (Å²) < 4.78 is 0. The molecule has 0 amide bonds. The van der Waals surface area contributed by atoms with Crippen LogP contribution in [0.4, 0.5) is 0 Å². The minimum Gasteiger partial charge on any atom is -0.312 e. The highest BCUT2D eigenvalue weighted by Crippen LogP contribution is 2.30. The van der Waals surface area contributed by atoms with Gasteiger partial charge in [0.15, 0.2) is 0 Å². The molecule has 1 aromatic carbocycles. The molecular formula is C17H24N2. The summed E-state index contributed by atoms with van der Waals surface area (Å²) in [5.74, 6) is 1.80. The van der Waals surface area contributed by atoms with Crippen molar-refractivity contribution < 1.29 is 0 Å². The molecule has 0 heterocycles. The first-order chi connectivity index (χ1) is 9.33. The fourth-order valence-corrected chi connectivity index (χ4v) is 3.04. The van der Waals surface area contributed by atoms with E-state index >= 15 is 0 Å². The van der Waals surface area contributed by atoms with Crippen LogP contribution in [0, 0.1) is 23.2 Å². The molecule has 0 spiro atoms. The Morgan fingerprint density at radius 1 is 1.16 bits per heavy atom. The second-order valence-corrected chi connectivity index (χ2v) is 5.69. The Balaban J connectivity index is 1.74. The van der Waals surface area contributed by atoms with Crippen molar-refractivity contribution in [2.24, 2.45) is 11.8 Å². The Labute approximate surface area is 116 Å². The van der Waals surface area contributed by atoms with Gasteiger partial charge < -0.3 is 5.32 Å². The molecule has 2 rings (SSSR count). The summed E-state index contributed by atoms with van der Waals surface area (Å²) in [5.41, 5.74) is 1.91. The molecule has 2 nitrogen and oxygen atoms in total. The van der Waals surface area contributed by atoms with Crippen LogP contribution < -0.4 is 5.32 Å². The minimum atomic E-state index is 0.796. The standard InChI is InChI=1S/C17H24N2/c1-2-14-7-9-15(10-8-14)12-19-13-17-6-4-3-5-16(17)11-18/h3-6,14-15,19H,2,7-10,12-13H2,1H3. The van der Waals surface area contributed by atoms with E-state index in [1.165, 1.54) is 32.1 Å². The fraction of sp³-hybridized carbons (Fsp3) is 0.588. The Morgan fingerprint density at radius 2 is 1.84 bits per heavy atom. The van der Waals surface area contributed by atoms with Crippen LogP contribution in [-0.2, 0) is 6.54 Å². The molecule has 0 saturated heterocycles. The van der Waals surface area contributed by atoms with Gasteiger partial charge in [0, 0.05) is 6.54 Å². The molecule has 0 atom stereocenters. The highest BCUT2D eigenvalue weighted by Gasteiger charge is 2.19. The van der Waals surface area contributed by atoms with Crippen molar-refractivity contribution in [1.82, 2.24) is 5.32 Å². The molecule has 0 bridgehead atoms. The molecule has 1 fully saturated rings. The lowest BCUT2D eigenvalue weighted by molar-refractivity contribution is 0.262. The van der Waals surface area contributed by atoms with Crippen LogP contribution in [0.15, 0.2) is 24.3 Å². The molecular weight excluding hydrogens is 232 g/mol. The van der Waals surface area contributed by atoms with Gasteiger partial charge in [-0.05, 0) is 42.9 Å². The van der Waals surface area contributed by atoms with Gasteiger partial charge in [0.25, 0.3) is 0 Å². The smallest absolute Gasteiger partial charge is 0.0995 e. The number of benzene rings is 1. The van der Waals surface area contributed by atoms with Gasteiger partial charge in [-0.15, -0.1) is 0 Å². The van der Waals surface area contributed by atoms with Gasteiger partial charge in [0.2, 0.25) is 0 Å². The third-order valence-electron chi connectivity index (χ3n) is 4.43. The third-order valence-corrected chi connectivity index (χ3v) is 4.43. The van der Waals surface area contributed by atoms with Gasteiger partial charge in [-0.2, -0.15) is 5.26 Å². The molecule has 0 radical (unpaired) electrons. The summed E-state index contributed by atoms with van der Waals surface area (Å²) in [6.45, 7) is 4.22. The number of hydrogen-bond acceptors (Lipinski definition) is 2. The Hall–Kier alpha value is -1.33. The van der Waals surface area contributed by atoms with Crippen LogP contribution in [0.2, 0.25) is 0 Å². The summed E-state index contributed by atoms with van der Waals surface area (Å²) in [6, 6.07) is 10.1. The largest absolute Gasteiger partial charge is 0.312 e. The highest BCUT2D eigenvalue weighted by molar-refractivity contribution is 5.37. The summed E-state index contributed by atoms with van der Waals surface area (Å²) in [6.07, 6.45) is 6.88. The Bertz CT molecular complexity index is 425. The van der Waals surface area contributed by atoms with Gasteiger partial charge >= 0.3 is 0 Å². The number of nitrogens with zero attached hydrogens (tertiary/aromatic N) is 1. The first-order valence-electron chi connectivity index (χ1n) is 7.52. The van der Waals surface area contributed by atoms with Gasteiger partial charge in [-0.1, -0.05) is 44.4 Å². The maximum absolute atomic E-state index is 9.04. The van der Waals surface area contributed by atoms with E-state index in [9.17, 15) is 0 Å². The molecule has 1 saturated carbocycles. The molecule has 1 N–H and O–H groups in total. The van der Waals surface area contributed by atoms with E-state index in [1.54, 1.807) is 0 Å². The fourth-order valence-electron chi connectivity index (χ4n) is 3.04. The molecule has 0 aromatic heterocycles. The molecule has 0 unspecified atom stereocenters. The normalized spacial score (nSPS) is 22.9. The molecule has 2 heteroatoms. The van der Waals surface area contributed by atoms with Crippen LogP contribution >= 0.6 is 0 Å². The van der Waals surface area contributed by atoms with Crippen molar-refractivity contribution in [2.75, 3.05) is 6.54 Å². The third kappa shape index (κ3) is 4.08. The summed E-state index contributed by atoms with van der Waals surface area (Å²) in [5, 5.41) is 12.6. The van der Waals surface area contributed by atoms with Gasteiger partial charge in [-0.3, -0.25) is 0 Å². The number of rotatable bonds is 5. The van der Waals surface area contributed by atoms with Gasteiger partial charge in [-0.25, -0.2) is 0 Å². The van der Waals surface area contributed by atoms with Crippen molar-refractivity contribution in [1.29, 1.82) is 5.26 Å². The van der Waals surface area contributed by atoms with Crippen molar-refractivity contribution >= 4 is 0 Å². The zero-order valence-corrected chi connectivity index (χ0v) is 11.9. The number of nitriles is 1. The number of nitrogens with one attached hydrogen (secondary N) is 1. The van der Waals surface area contributed by atoms with Crippen molar-refractivity contribution in [2.45, 2.75) is 45.6 Å². The van der Waals surface area contributed by atoms with Crippen LogP contribution in [0.5, 0.6) is 0 Å². The topological polar surface area (TPSA) is 35.8 Å². The molecule has 1 aromatic rings. The second kappa shape index (κ2) is 7.31. The van der Waals surface area contributed by atoms with E-state index in [-0.39, 0.29) is 0 Å². The lowest BCUT2D eigenvalue weighted by Crippen LogP contribution is -2.26. The summed E-state index contributed by atoms with van der Waals surface area (Å²) >= 11 is 0. The predicted molar refractivity (Wildman–Crippen MR) is 78.6 cm³/mol. The van der Waals surface area contributed by atoms with Crippen molar-refractivity contribution in [3.05, 3.63) is 35.4 Å². The summed E-state index contributed by atoms with van der Waals surface area (Å²) in [4.78, 5) is 0. The van der Waals surface area contributed by atoms with E-state index in [2.05, 4.69) is 18.3 Å². The predicted octanol–water partition coefficient (Wildman–Crippen LogP) is 3.86. The van der Waals surface area contributed by atoms with Gasteiger partial charge in [0.05, 0.1) is 11.6 Å². The second-order valence-electron chi connectivity index (χ2n) is 5.69. The van der Waals surface area contributed by atoms with Crippen LogP contribution in [-0.4, -0.2) is 6.54 Å². The molecule has 102 valence electrons. The van der Waals surface area contributed by atoms with E-state index in [0.717, 1.165) is 36.1 Å². The first-order valence-corrected chi connectivity index (χ1v) is 7.52. The lowest BCUT2D eigenvalue weighted by atomic mass is 9.81. The molecule has 1 aliphatic carbocycles. The maximum Gasteiger partial charge on any atom is 0.0995 e. The van der Waals surface area contributed by atoms with Crippen LogP contribution in [0.3, 0.4) is 0 Å². The lowest BCUT2D eigenvalue weighted by Gasteiger charge is -2.28. The molecule has 19 heavy (non-hydrogen) atoms. The average molecular weight is 256 g/mol. The van der Waals surface area contributed by atoms with E-state index in [1.807, 2.05) is 24.3 Å². The van der Waals surface area contributed by atoms with Gasteiger partial charge in [0.1, 0.15) is 0 Å². The minimum absolute atomic E-state index is 0.796. The van der Waals surface area contributed by atoms with E-state index in [4.69, 9.17) is 5.26 Å². The quantitative estimate of drug-likeness (QED) is 0.868.